The molecule has 3 rings (SSSR count). The number of aromatic nitrogens is 2. The highest BCUT2D eigenvalue weighted by atomic mass is 14.9. The summed E-state index contributed by atoms with van der Waals surface area (Å²) in [6.45, 7) is 4.18. The van der Waals surface area contributed by atoms with Crippen molar-refractivity contribution >= 4 is 11.0 Å². The first-order chi connectivity index (χ1) is 8.22. The number of nitrogens with one attached hydrogen (secondary N) is 1. The molecule has 0 radical (unpaired) electrons. The number of hydrogen-bond donors (Lipinski definition) is 1. The molecule has 0 bridgehead atoms. The van der Waals surface area contributed by atoms with Gasteiger partial charge in [-0.25, -0.2) is 4.98 Å². The average molecular weight is 222 g/mol. The molecule has 1 heterocycles. The van der Waals surface area contributed by atoms with E-state index in [4.69, 9.17) is 0 Å². The fourth-order valence-electron chi connectivity index (χ4n) is 1.97. The summed E-state index contributed by atoms with van der Waals surface area (Å²) < 4.78 is 0. The lowest BCUT2D eigenvalue weighted by Gasteiger charge is -1.96. The van der Waals surface area contributed by atoms with Gasteiger partial charge >= 0.3 is 0 Å². The van der Waals surface area contributed by atoms with Crippen LogP contribution in [-0.4, -0.2) is 9.97 Å². The molecule has 0 fully saturated rings. The molecule has 84 valence electrons. The maximum atomic E-state index is 4.60. The maximum absolute atomic E-state index is 4.60. The normalized spacial score (nSPS) is 10.9. The van der Waals surface area contributed by atoms with Crippen molar-refractivity contribution in [3.05, 3.63) is 53.6 Å². The zero-order valence-corrected chi connectivity index (χ0v) is 9.99. The fourth-order valence-corrected chi connectivity index (χ4v) is 1.97. The second-order valence-corrected chi connectivity index (χ2v) is 4.47. The number of aryl methyl sites for hydroxylation is 2. The molecule has 0 atom stereocenters. The van der Waals surface area contributed by atoms with Crippen molar-refractivity contribution in [2.24, 2.45) is 0 Å². The van der Waals surface area contributed by atoms with Crippen LogP contribution in [0.2, 0.25) is 0 Å². The molecule has 0 saturated heterocycles. The minimum atomic E-state index is 0.936. The highest BCUT2D eigenvalue weighted by Crippen LogP contribution is 2.21. The smallest absolute Gasteiger partial charge is 0.138 e. The van der Waals surface area contributed by atoms with E-state index in [-0.39, 0.29) is 0 Å². The van der Waals surface area contributed by atoms with Crippen LogP contribution < -0.4 is 0 Å². The highest BCUT2D eigenvalue weighted by molar-refractivity contribution is 5.79. The van der Waals surface area contributed by atoms with Crippen molar-refractivity contribution in [3.8, 4) is 11.4 Å². The molecule has 0 unspecified atom stereocenters. The van der Waals surface area contributed by atoms with Gasteiger partial charge in [-0.05, 0) is 31.5 Å². The third-order valence-corrected chi connectivity index (χ3v) is 2.96. The van der Waals surface area contributed by atoms with Gasteiger partial charge in [-0.3, -0.25) is 0 Å². The van der Waals surface area contributed by atoms with Gasteiger partial charge in [0.2, 0.25) is 0 Å². The van der Waals surface area contributed by atoms with Gasteiger partial charge in [0.15, 0.2) is 0 Å². The van der Waals surface area contributed by atoms with E-state index in [1.54, 1.807) is 0 Å². The lowest BCUT2D eigenvalue weighted by molar-refractivity contribution is 1.33. The van der Waals surface area contributed by atoms with Crippen LogP contribution in [0.3, 0.4) is 0 Å². The standard InChI is InChI=1S/C15H14N2/c1-10-3-6-12(7-4-10)15-16-13-8-5-11(2)9-14(13)17-15/h3-9H,1-2H3,(H,16,17). The minimum absolute atomic E-state index is 0.936. The zero-order chi connectivity index (χ0) is 11.8. The van der Waals surface area contributed by atoms with Gasteiger partial charge in [0.1, 0.15) is 5.82 Å². The third-order valence-electron chi connectivity index (χ3n) is 2.96. The molecule has 0 saturated carbocycles. The Bertz CT molecular complexity index is 663. The zero-order valence-electron chi connectivity index (χ0n) is 9.99. The Balaban J connectivity index is 2.14. The molecule has 0 aliphatic rings. The van der Waals surface area contributed by atoms with Gasteiger partial charge < -0.3 is 4.98 Å². The number of rotatable bonds is 1. The molecule has 2 heteroatoms. The van der Waals surface area contributed by atoms with E-state index in [1.165, 1.54) is 11.1 Å². The largest absolute Gasteiger partial charge is 0.338 e. The molecule has 1 N–H and O–H groups in total. The van der Waals surface area contributed by atoms with Gasteiger partial charge in [0, 0.05) is 5.56 Å². The number of benzene rings is 2. The number of fused-ring (bicyclic) bond motifs is 1. The molecule has 17 heavy (non-hydrogen) atoms. The van der Waals surface area contributed by atoms with Crippen molar-refractivity contribution in [1.82, 2.24) is 9.97 Å². The quantitative estimate of drug-likeness (QED) is 0.665. The lowest BCUT2D eigenvalue weighted by atomic mass is 10.1. The summed E-state index contributed by atoms with van der Waals surface area (Å²) in [5, 5.41) is 0. The van der Waals surface area contributed by atoms with Crippen molar-refractivity contribution in [3.63, 3.8) is 0 Å². The number of imidazole rings is 1. The van der Waals surface area contributed by atoms with E-state index in [1.807, 2.05) is 0 Å². The Morgan fingerprint density at radius 1 is 0.882 bits per heavy atom. The molecule has 0 aliphatic heterocycles. The Morgan fingerprint density at radius 3 is 2.35 bits per heavy atom. The highest BCUT2D eigenvalue weighted by Gasteiger charge is 2.04. The molecule has 2 nitrogen and oxygen atoms in total. The molecular formula is C15H14N2. The van der Waals surface area contributed by atoms with Gasteiger partial charge in [-0.15, -0.1) is 0 Å². The molecule has 0 spiro atoms. The third kappa shape index (κ3) is 1.82. The van der Waals surface area contributed by atoms with Crippen molar-refractivity contribution in [2.75, 3.05) is 0 Å². The topological polar surface area (TPSA) is 28.7 Å². The number of hydrogen-bond acceptors (Lipinski definition) is 1. The van der Waals surface area contributed by atoms with Gasteiger partial charge in [-0.1, -0.05) is 35.9 Å². The summed E-state index contributed by atoms with van der Waals surface area (Å²) in [5.74, 6) is 0.936. The van der Waals surface area contributed by atoms with E-state index in [0.717, 1.165) is 22.4 Å². The van der Waals surface area contributed by atoms with E-state index in [0.29, 0.717) is 0 Å². The Kier molecular flexibility index (Phi) is 2.22. The van der Waals surface area contributed by atoms with E-state index in [2.05, 4.69) is 66.3 Å². The Morgan fingerprint density at radius 2 is 1.59 bits per heavy atom. The van der Waals surface area contributed by atoms with Crippen LogP contribution in [0.25, 0.3) is 22.4 Å². The Hall–Kier alpha value is -2.09. The summed E-state index contributed by atoms with van der Waals surface area (Å²) in [6, 6.07) is 14.7. The first-order valence-electron chi connectivity index (χ1n) is 5.76. The monoisotopic (exact) mass is 222 g/mol. The van der Waals surface area contributed by atoms with Crippen LogP contribution in [0.5, 0.6) is 0 Å². The number of aromatic amines is 1. The summed E-state index contributed by atoms with van der Waals surface area (Å²) >= 11 is 0. The van der Waals surface area contributed by atoms with Crippen LogP contribution >= 0.6 is 0 Å². The number of H-pyrrole nitrogens is 1. The van der Waals surface area contributed by atoms with Crippen molar-refractivity contribution in [1.29, 1.82) is 0 Å². The van der Waals surface area contributed by atoms with Crippen LogP contribution in [0.4, 0.5) is 0 Å². The first kappa shape index (κ1) is 10.1. The Labute approximate surface area is 100 Å². The predicted octanol–water partition coefficient (Wildman–Crippen LogP) is 3.85. The fraction of sp³-hybridized carbons (Fsp3) is 0.133. The van der Waals surface area contributed by atoms with Crippen LogP contribution in [-0.2, 0) is 0 Å². The molecule has 1 aromatic heterocycles. The van der Waals surface area contributed by atoms with Gasteiger partial charge in [0.05, 0.1) is 11.0 Å². The van der Waals surface area contributed by atoms with Crippen LogP contribution in [0.15, 0.2) is 42.5 Å². The summed E-state index contributed by atoms with van der Waals surface area (Å²) in [7, 11) is 0. The summed E-state index contributed by atoms with van der Waals surface area (Å²) in [5.41, 5.74) is 5.76. The molecule has 0 amide bonds. The SMILES string of the molecule is Cc1ccc(-c2nc3ccc(C)cc3[nH]2)cc1. The van der Waals surface area contributed by atoms with Crippen molar-refractivity contribution in [2.45, 2.75) is 13.8 Å². The van der Waals surface area contributed by atoms with Crippen molar-refractivity contribution < 1.29 is 0 Å². The van der Waals surface area contributed by atoms with Crippen LogP contribution in [0, 0.1) is 13.8 Å². The summed E-state index contributed by atoms with van der Waals surface area (Å²) in [4.78, 5) is 7.96. The predicted molar refractivity (Wildman–Crippen MR) is 71.0 cm³/mol. The molecular weight excluding hydrogens is 208 g/mol. The minimum Gasteiger partial charge on any atom is -0.338 e. The summed E-state index contributed by atoms with van der Waals surface area (Å²) in [6.07, 6.45) is 0. The van der Waals surface area contributed by atoms with Gasteiger partial charge in [0.25, 0.3) is 0 Å². The molecule has 2 aromatic carbocycles. The van der Waals surface area contributed by atoms with Gasteiger partial charge in [-0.2, -0.15) is 0 Å². The lowest BCUT2D eigenvalue weighted by Crippen LogP contribution is -1.80. The number of nitrogens with zero attached hydrogens (tertiary/aromatic N) is 1. The molecule has 0 aliphatic carbocycles. The van der Waals surface area contributed by atoms with E-state index in [9.17, 15) is 0 Å². The maximum Gasteiger partial charge on any atom is 0.138 e. The van der Waals surface area contributed by atoms with E-state index >= 15 is 0 Å². The molecule has 3 aromatic rings. The van der Waals surface area contributed by atoms with E-state index < -0.39 is 0 Å². The average Bonchev–Trinajstić information content (AvgIpc) is 2.72. The second-order valence-electron chi connectivity index (χ2n) is 4.47. The first-order valence-corrected chi connectivity index (χ1v) is 5.76. The second kappa shape index (κ2) is 3.74. The van der Waals surface area contributed by atoms with Crippen LogP contribution in [0.1, 0.15) is 11.1 Å².